The molecule has 0 spiro atoms. The second-order valence-electron chi connectivity index (χ2n) is 7.06. The molecular weight excluding hydrogens is 366 g/mol. The summed E-state index contributed by atoms with van der Waals surface area (Å²) < 4.78 is 1.28. The van der Waals surface area contributed by atoms with Crippen molar-refractivity contribution in [2.24, 2.45) is 0 Å². The first-order chi connectivity index (χ1) is 14.1. The molecule has 1 aromatic carbocycles. The Balaban J connectivity index is 1.48. The molecule has 7 heteroatoms. The molecule has 7 nitrogen and oxygen atoms in total. The van der Waals surface area contributed by atoms with Crippen LogP contribution in [0.1, 0.15) is 13.0 Å². The largest absolute Gasteiger partial charge is 0.368 e. The van der Waals surface area contributed by atoms with Gasteiger partial charge in [0.1, 0.15) is 6.04 Å². The zero-order valence-corrected chi connectivity index (χ0v) is 16.3. The first-order valence-corrected chi connectivity index (χ1v) is 9.72. The molecule has 1 aliphatic heterocycles. The molecule has 1 atom stereocenters. The second kappa shape index (κ2) is 8.26. The van der Waals surface area contributed by atoms with Gasteiger partial charge in [-0.25, -0.2) is 4.68 Å². The smallest absolute Gasteiger partial charge is 0.267 e. The summed E-state index contributed by atoms with van der Waals surface area (Å²) in [4.78, 5) is 33.5. The van der Waals surface area contributed by atoms with Crippen LogP contribution in [0.4, 0.5) is 5.69 Å². The van der Waals surface area contributed by atoms with Crippen LogP contribution >= 0.6 is 0 Å². The molecule has 0 aliphatic carbocycles. The minimum Gasteiger partial charge on any atom is -0.368 e. The molecular formula is C22H23N5O2. The number of carbonyl (C=O) groups is 1. The Labute approximate surface area is 169 Å². The molecule has 2 aromatic heterocycles. The van der Waals surface area contributed by atoms with Crippen LogP contribution in [0.25, 0.3) is 11.3 Å². The van der Waals surface area contributed by atoms with Crippen molar-refractivity contribution >= 4 is 11.6 Å². The maximum Gasteiger partial charge on any atom is 0.267 e. The van der Waals surface area contributed by atoms with Gasteiger partial charge in [0.25, 0.3) is 5.56 Å². The number of aromatic nitrogens is 3. The van der Waals surface area contributed by atoms with Crippen LogP contribution in [0.2, 0.25) is 0 Å². The summed E-state index contributed by atoms with van der Waals surface area (Å²) in [6, 6.07) is 16.3. The highest BCUT2D eigenvalue weighted by Gasteiger charge is 2.27. The number of piperazine rings is 1. The van der Waals surface area contributed by atoms with Crippen molar-refractivity contribution in [3.05, 3.63) is 77.3 Å². The van der Waals surface area contributed by atoms with E-state index in [4.69, 9.17) is 0 Å². The van der Waals surface area contributed by atoms with E-state index in [0.717, 1.165) is 24.3 Å². The van der Waals surface area contributed by atoms with E-state index >= 15 is 0 Å². The van der Waals surface area contributed by atoms with E-state index in [9.17, 15) is 9.59 Å². The van der Waals surface area contributed by atoms with Gasteiger partial charge >= 0.3 is 0 Å². The Morgan fingerprint density at radius 1 is 0.931 bits per heavy atom. The number of nitrogens with zero attached hydrogens (tertiary/aromatic N) is 5. The Bertz CT molecular complexity index is 1030. The molecule has 0 radical (unpaired) electrons. The summed E-state index contributed by atoms with van der Waals surface area (Å²) in [6.07, 6.45) is 3.35. The zero-order valence-electron chi connectivity index (χ0n) is 16.3. The van der Waals surface area contributed by atoms with Crippen LogP contribution in [0, 0.1) is 0 Å². The van der Waals surface area contributed by atoms with Gasteiger partial charge in [-0.1, -0.05) is 18.2 Å². The molecule has 0 saturated carbocycles. The van der Waals surface area contributed by atoms with Crippen LogP contribution in [0.5, 0.6) is 0 Å². The number of benzene rings is 1. The molecule has 4 rings (SSSR count). The Hall–Kier alpha value is -3.48. The van der Waals surface area contributed by atoms with Crippen LogP contribution in [0.15, 0.2) is 71.8 Å². The van der Waals surface area contributed by atoms with E-state index in [1.807, 2.05) is 35.2 Å². The molecule has 29 heavy (non-hydrogen) atoms. The number of rotatable bonds is 4. The third kappa shape index (κ3) is 4.03. The fourth-order valence-electron chi connectivity index (χ4n) is 3.57. The fraction of sp³-hybridized carbons (Fsp3) is 0.273. The summed E-state index contributed by atoms with van der Waals surface area (Å²) in [7, 11) is 0. The molecule has 1 fully saturated rings. The van der Waals surface area contributed by atoms with Crippen LogP contribution in [-0.2, 0) is 4.79 Å². The monoisotopic (exact) mass is 389 g/mol. The molecule has 1 unspecified atom stereocenters. The van der Waals surface area contributed by atoms with Crippen molar-refractivity contribution in [3.8, 4) is 11.3 Å². The number of anilines is 1. The van der Waals surface area contributed by atoms with Crippen molar-refractivity contribution in [1.29, 1.82) is 0 Å². The normalized spacial score (nSPS) is 15.2. The number of hydrogen-bond donors (Lipinski definition) is 0. The third-order valence-electron chi connectivity index (χ3n) is 5.24. The number of amides is 1. The minimum absolute atomic E-state index is 0.0841. The van der Waals surface area contributed by atoms with Gasteiger partial charge in [0.15, 0.2) is 0 Å². The summed E-state index contributed by atoms with van der Waals surface area (Å²) in [5, 5.41) is 4.44. The van der Waals surface area contributed by atoms with E-state index in [1.54, 1.807) is 25.4 Å². The average Bonchev–Trinajstić information content (AvgIpc) is 2.80. The molecule has 3 aromatic rings. The van der Waals surface area contributed by atoms with E-state index < -0.39 is 6.04 Å². The summed E-state index contributed by atoms with van der Waals surface area (Å²) in [5.74, 6) is -0.0841. The third-order valence-corrected chi connectivity index (χ3v) is 5.24. The van der Waals surface area contributed by atoms with Crippen molar-refractivity contribution in [2.45, 2.75) is 13.0 Å². The Morgan fingerprint density at radius 2 is 1.62 bits per heavy atom. The first kappa shape index (κ1) is 18.9. The van der Waals surface area contributed by atoms with Crippen LogP contribution < -0.4 is 10.5 Å². The maximum atomic E-state index is 13.0. The van der Waals surface area contributed by atoms with E-state index in [2.05, 4.69) is 27.1 Å². The quantitative estimate of drug-likeness (QED) is 0.684. The maximum absolute atomic E-state index is 13.0. The van der Waals surface area contributed by atoms with Crippen LogP contribution in [0.3, 0.4) is 0 Å². The lowest BCUT2D eigenvalue weighted by atomic mass is 10.2. The Morgan fingerprint density at radius 3 is 2.31 bits per heavy atom. The van der Waals surface area contributed by atoms with Crippen molar-refractivity contribution < 1.29 is 4.79 Å². The van der Waals surface area contributed by atoms with Crippen molar-refractivity contribution in [2.75, 3.05) is 31.1 Å². The highest BCUT2D eigenvalue weighted by molar-refractivity contribution is 5.80. The topological polar surface area (TPSA) is 71.3 Å². The van der Waals surface area contributed by atoms with Gasteiger partial charge in [0.2, 0.25) is 5.91 Å². The fourth-order valence-corrected chi connectivity index (χ4v) is 3.57. The number of hydrogen-bond acceptors (Lipinski definition) is 5. The SMILES string of the molecule is CC(C(=O)N1CCN(c2ccccc2)CC1)n1nc(-c2ccncc2)ccc1=O. The van der Waals surface area contributed by atoms with Gasteiger partial charge in [-0.3, -0.25) is 14.6 Å². The van der Waals surface area contributed by atoms with Gasteiger partial charge in [-0.2, -0.15) is 5.10 Å². The first-order valence-electron chi connectivity index (χ1n) is 9.72. The van der Waals surface area contributed by atoms with Gasteiger partial charge < -0.3 is 9.80 Å². The van der Waals surface area contributed by atoms with Gasteiger partial charge in [0, 0.05) is 55.9 Å². The average molecular weight is 389 g/mol. The lowest BCUT2D eigenvalue weighted by Gasteiger charge is -2.37. The predicted molar refractivity (Wildman–Crippen MR) is 112 cm³/mol. The molecule has 0 bridgehead atoms. The summed E-state index contributed by atoms with van der Waals surface area (Å²) >= 11 is 0. The number of pyridine rings is 1. The van der Waals surface area contributed by atoms with Crippen molar-refractivity contribution in [3.63, 3.8) is 0 Å². The lowest BCUT2D eigenvalue weighted by molar-refractivity contribution is -0.135. The second-order valence-corrected chi connectivity index (χ2v) is 7.06. The van der Waals surface area contributed by atoms with Gasteiger partial charge in [-0.05, 0) is 37.3 Å². The highest BCUT2D eigenvalue weighted by Crippen LogP contribution is 2.18. The van der Waals surface area contributed by atoms with Gasteiger partial charge in [-0.15, -0.1) is 0 Å². The number of carbonyl (C=O) groups excluding carboxylic acids is 1. The zero-order chi connectivity index (χ0) is 20.2. The van der Waals surface area contributed by atoms with E-state index in [-0.39, 0.29) is 11.5 Å². The Kier molecular flexibility index (Phi) is 5.37. The number of para-hydroxylation sites is 1. The lowest BCUT2D eigenvalue weighted by Crippen LogP contribution is -2.51. The standard InChI is InChI=1S/C22H23N5O2/c1-17(27-21(28)8-7-20(24-27)18-9-11-23-12-10-18)22(29)26-15-13-25(14-16-26)19-5-3-2-4-6-19/h2-12,17H,13-16H2,1H3. The summed E-state index contributed by atoms with van der Waals surface area (Å²) in [6.45, 7) is 4.51. The molecule has 3 heterocycles. The van der Waals surface area contributed by atoms with E-state index in [1.165, 1.54) is 10.7 Å². The van der Waals surface area contributed by atoms with Crippen LogP contribution in [-0.4, -0.2) is 51.8 Å². The molecule has 1 amide bonds. The predicted octanol–water partition coefficient (Wildman–Crippen LogP) is 2.22. The molecule has 1 aliphatic rings. The van der Waals surface area contributed by atoms with Gasteiger partial charge in [0.05, 0.1) is 5.69 Å². The minimum atomic E-state index is -0.660. The summed E-state index contributed by atoms with van der Waals surface area (Å²) in [5.41, 5.74) is 2.37. The van der Waals surface area contributed by atoms with E-state index in [0.29, 0.717) is 18.8 Å². The molecule has 0 N–H and O–H groups in total. The molecule has 148 valence electrons. The highest BCUT2D eigenvalue weighted by atomic mass is 16.2. The van der Waals surface area contributed by atoms with Crippen molar-refractivity contribution in [1.82, 2.24) is 19.7 Å². The molecule has 1 saturated heterocycles.